The average molecular weight is 268 g/mol. The standard InChI is InChI=1S/C15H16N4O/c1-2-10-3-5-12(7-10)14-18-15(20-19-14)13-6-4-11(8-16)9-17-13/h4,6,9-10,12H,2-3,5,7H2,1H3. The zero-order valence-corrected chi connectivity index (χ0v) is 11.4. The molecule has 0 aliphatic heterocycles. The molecule has 5 heteroatoms. The van der Waals surface area contributed by atoms with Gasteiger partial charge in [0.1, 0.15) is 11.8 Å². The van der Waals surface area contributed by atoms with Crippen molar-refractivity contribution >= 4 is 0 Å². The van der Waals surface area contributed by atoms with E-state index in [4.69, 9.17) is 9.78 Å². The third kappa shape index (κ3) is 2.42. The van der Waals surface area contributed by atoms with E-state index in [0.717, 1.165) is 24.6 Å². The number of nitriles is 1. The molecule has 5 nitrogen and oxygen atoms in total. The van der Waals surface area contributed by atoms with Gasteiger partial charge in [-0.2, -0.15) is 10.2 Å². The second-order valence-electron chi connectivity index (χ2n) is 5.29. The molecule has 0 bridgehead atoms. The van der Waals surface area contributed by atoms with Gasteiger partial charge in [0.25, 0.3) is 5.89 Å². The van der Waals surface area contributed by atoms with Gasteiger partial charge in [-0.15, -0.1) is 0 Å². The average Bonchev–Trinajstić information content (AvgIpc) is 3.16. The Hall–Kier alpha value is -2.22. The summed E-state index contributed by atoms with van der Waals surface area (Å²) >= 11 is 0. The van der Waals surface area contributed by atoms with E-state index in [2.05, 4.69) is 22.0 Å². The molecule has 102 valence electrons. The van der Waals surface area contributed by atoms with E-state index in [-0.39, 0.29) is 0 Å². The van der Waals surface area contributed by atoms with Crippen LogP contribution in [0.4, 0.5) is 0 Å². The number of hydrogen-bond donors (Lipinski definition) is 0. The molecule has 0 aromatic carbocycles. The fourth-order valence-electron chi connectivity index (χ4n) is 2.77. The van der Waals surface area contributed by atoms with E-state index < -0.39 is 0 Å². The number of hydrogen-bond acceptors (Lipinski definition) is 5. The van der Waals surface area contributed by atoms with Crippen LogP contribution >= 0.6 is 0 Å². The number of rotatable bonds is 3. The van der Waals surface area contributed by atoms with Crippen molar-refractivity contribution in [2.24, 2.45) is 5.92 Å². The van der Waals surface area contributed by atoms with Crippen LogP contribution in [0.2, 0.25) is 0 Å². The first-order valence-electron chi connectivity index (χ1n) is 7.00. The molecule has 1 aliphatic carbocycles. The molecule has 0 saturated heterocycles. The van der Waals surface area contributed by atoms with Crippen LogP contribution in [-0.2, 0) is 0 Å². The summed E-state index contributed by atoms with van der Waals surface area (Å²) in [4.78, 5) is 8.64. The van der Waals surface area contributed by atoms with E-state index >= 15 is 0 Å². The largest absolute Gasteiger partial charge is 0.332 e. The highest BCUT2D eigenvalue weighted by molar-refractivity contribution is 5.47. The Kier molecular flexibility index (Phi) is 3.46. The van der Waals surface area contributed by atoms with Gasteiger partial charge in [-0.05, 0) is 37.3 Å². The van der Waals surface area contributed by atoms with Gasteiger partial charge in [0.2, 0.25) is 0 Å². The minimum Gasteiger partial charge on any atom is -0.332 e. The molecule has 2 heterocycles. The van der Waals surface area contributed by atoms with E-state index in [1.165, 1.54) is 19.0 Å². The highest BCUT2D eigenvalue weighted by Crippen LogP contribution is 2.38. The van der Waals surface area contributed by atoms with Crippen molar-refractivity contribution in [1.29, 1.82) is 5.26 Å². The lowest BCUT2D eigenvalue weighted by molar-refractivity contribution is 0.412. The zero-order valence-electron chi connectivity index (χ0n) is 11.4. The van der Waals surface area contributed by atoms with Crippen molar-refractivity contribution in [2.75, 3.05) is 0 Å². The van der Waals surface area contributed by atoms with Gasteiger partial charge in [0.15, 0.2) is 5.82 Å². The van der Waals surface area contributed by atoms with Crippen molar-refractivity contribution in [3.05, 3.63) is 29.7 Å². The topological polar surface area (TPSA) is 75.6 Å². The number of nitrogens with zero attached hydrogens (tertiary/aromatic N) is 4. The third-order valence-corrected chi connectivity index (χ3v) is 4.04. The first kappa shape index (κ1) is 12.8. The summed E-state index contributed by atoms with van der Waals surface area (Å²) in [7, 11) is 0. The van der Waals surface area contributed by atoms with Crippen LogP contribution in [0.15, 0.2) is 22.9 Å². The Morgan fingerprint density at radius 3 is 2.95 bits per heavy atom. The Morgan fingerprint density at radius 1 is 1.40 bits per heavy atom. The minimum atomic E-state index is 0.413. The van der Waals surface area contributed by atoms with Crippen LogP contribution in [0, 0.1) is 17.2 Å². The summed E-state index contributed by atoms with van der Waals surface area (Å²) in [6, 6.07) is 5.48. The molecule has 1 fully saturated rings. The Labute approximate surface area is 117 Å². The SMILES string of the molecule is CCC1CCC(c2noc(-c3ccc(C#N)cn3)n2)C1. The van der Waals surface area contributed by atoms with Gasteiger partial charge in [-0.25, -0.2) is 4.98 Å². The van der Waals surface area contributed by atoms with Crippen molar-refractivity contribution in [3.63, 3.8) is 0 Å². The maximum atomic E-state index is 8.75. The smallest absolute Gasteiger partial charge is 0.276 e. The highest BCUT2D eigenvalue weighted by Gasteiger charge is 2.28. The van der Waals surface area contributed by atoms with Crippen LogP contribution < -0.4 is 0 Å². The van der Waals surface area contributed by atoms with Crippen LogP contribution in [0.3, 0.4) is 0 Å². The van der Waals surface area contributed by atoms with E-state index in [1.54, 1.807) is 12.1 Å². The molecule has 2 unspecified atom stereocenters. The normalized spacial score (nSPS) is 21.8. The first-order chi connectivity index (χ1) is 9.80. The van der Waals surface area contributed by atoms with Crippen LogP contribution in [-0.4, -0.2) is 15.1 Å². The predicted molar refractivity (Wildman–Crippen MR) is 72.6 cm³/mol. The fraction of sp³-hybridized carbons (Fsp3) is 0.467. The second-order valence-corrected chi connectivity index (χ2v) is 5.29. The summed E-state index contributed by atoms with van der Waals surface area (Å²) in [5, 5.41) is 12.8. The lowest BCUT2D eigenvalue weighted by Crippen LogP contribution is -1.97. The Bertz CT molecular complexity index is 626. The zero-order chi connectivity index (χ0) is 13.9. The molecule has 2 aromatic rings. The molecule has 0 radical (unpaired) electrons. The quantitative estimate of drug-likeness (QED) is 0.853. The maximum Gasteiger partial charge on any atom is 0.276 e. The van der Waals surface area contributed by atoms with Gasteiger partial charge < -0.3 is 4.52 Å². The van der Waals surface area contributed by atoms with Crippen molar-refractivity contribution in [1.82, 2.24) is 15.1 Å². The van der Waals surface area contributed by atoms with E-state index in [9.17, 15) is 0 Å². The lowest BCUT2D eigenvalue weighted by Gasteiger charge is -2.04. The second kappa shape index (κ2) is 5.41. The highest BCUT2D eigenvalue weighted by atomic mass is 16.5. The van der Waals surface area contributed by atoms with Gasteiger partial charge in [-0.3, -0.25) is 0 Å². The molecule has 20 heavy (non-hydrogen) atoms. The molecule has 1 aliphatic rings. The molecular weight excluding hydrogens is 252 g/mol. The monoisotopic (exact) mass is 268 g/mol. The number of pyridine rings is 1. The Morgan fingerprint density at radius 2 is 2.30 bits per heavy atom. The summed E-state index contributed by atoms with van der Waals surface area (Å²) in [5.41, 5.74) is 1.14. The van der Waals surface area contributed by atoms with Crippen molar-refractivity contribution in [3.8, 4) is 17.7 Å². The maximum absolute atomic E-state index is 8.75. The molecule has 0 N–H and O–H groups in total. The van der Waals surface area contributed by atoms with Crippen LogP contribution in [0.1, 0.15) is 49.9 Å². The Balaban J connectivity index is 1.78. The summed E-state index contributed by atoms with van der Waals surface area (Å²) < 4.78 is 5.30. The molecule has 0 spiro atoms. The molecule has 2 atom stereocenters. The van der Waals surface area contributed by atoms with E-state index in [0.29, 0.717) is 23.1 Å². The van der Waals surface area contributed by atoms with Crippen molar-refractivity contribution < 1.29 is 4.52 Å². The fourth-order valence-corrected chi connectivity index (χ4v) is 2.77. The minimum absolute atomic E-state index is 0.413. The molecule has 2 aromatic heterocycles. The van der Waals surface area contributed by atoms with Crippen LogP contribution in [0.25, 0.3) is 11.6 Å². The molecule has 0 amide bonds. The van der Waals surface area contributed by atoms with Gasteiger partial charge >= 0.3 is 0 Å². The predicted octanol–water partition coefficient (Wildman–Crippen LogP) is 3.30. The molecular formula is C15H16N4O. The summed E-state index contributed by atoms with van der Waals surface area (Å²) in [6.07, 6.45) is 6.27. The molecule has 3 rings (SSSR count). The van der Waals surface area contributed by atoms with Gasteiger partial charge in [-0.1, -0.05) is 18.5 Å². The van der Waals surface area contributed by atoms with Crippen molar-refractivity contribution in [2.45, 2.75) is 38.5 Å². The summed E-state index contributed by atoms with van der Waals surface area (Å²) in [5.74, 6) is 2.43. The van der Waals surface area contributed by atoms with E-state index in [1.807, 2.05) is 6.07 Å². The third-order valence-electron chi connectivity index (χ3n) is 4.04. The first-order valence-corrected chi connectivity index (χ1v) is 7.00. The van der Waals surface area contributed by atoms with Crippen LogP contribution in [0.5, 0.6) is 0 Å². The summed E-state index contributed by atoms with van der Waals surface area (Å²) in [6.45, 7) is 2.23. The van der Waals surface area contributed by atoms with Gasteiger partial charge in [0, 0.05) is 12.1 Å². The lowest BCUT2D eigenvalue weighted by atomic mass is 10.0. The molecule has 1 saturated carbocycles. The van der Waals surface area contributed by atoms with Gasteiger partial charge in [0.05, 0.1) is 5.56 Å². The number of aromatic nitrogens is 3.